The van der Waals surface area contributed by atoms with Crippen molar-refractivity contribution in [1.82, 2.24) is 9.36 Å². The molecule has 1 aliphatic heterocycles. The molecule has 0 saturated carbocycles. The molecule has 1 atom stereocenters. The van der Waals surface area contributed by atoms with Gasteiger partial charge in [0.05, 0.1) is 0 Å². The molecule has 0 amide bonds. The van der Waals surface area contributed by atoms with E-state index in [2.05, 4.69) is 42.4 Å². The number of aromatic nitrogens is 2. The third-order valence-corrected chi connectivity index (χ3v) is 3.23. The number of hydrogen-bond acceptors (Lipinski definition) is 5. The van der Waals surface area contributed by atoms with E-state index in [1.807, 2.05) is 0 Å². The molecule has 90 valence electrons. The Bertz CT molecular complexity index is 364. The van der Waals surface area contributed by atoms with Crippen molar-refractivity contribution in [3.8, 4) is 0 Å². The van der Waals surface area contributed by atoms with Crippen molar-refractivity contribution >= 4 is 16.7 Å². The fourth-order valence-corrected chi connectivity index (χ4v) is 2.65. The molecule has 1 aromatic rings. The first-order chi connectivity index (χ1) is 7.39. The van der Waals surface area contributed by atoms with E-state index in [0.717, 1.165) is 30.4 Å². The summed E-state index contributed by atoms with van der Waals surface area (Å²) >= 11 is 1.41. The van der Waals surface area contributed by atoms with Gasteiger partial charge in [0, 0.05) is 23.7 Å². The first kappa shape index (κ1) is 11.8. The highest BCUT2D eigenvalue weighted by molar-refractivity contribution is 7.09. The summed E-state index contributed by atoms with van der Waals surface area (Å²) in [5.41, 5.74) is -0.247. The molecule has 0 spiro atoms. The summed E-state index contributed by atoms with van der Waals surface area (Å²) in [4.78, 5) is 4.52. The molecule has 1 aliphatic rings. The Kier molecular flexibility index (Phi) is 2.92. The van der Waals surface area contributed by atoms with Crippen molar-refractivity contribution < 1.29 is 4.74 Å². The molecular weight excluding hydrogens is 222 g/mol. The van der Waals surface area contributed by atoms with Gasteiger partial charge in [-0.25, -0.2) is 4.98 Å². The summed E-state index contributed by atoms with van der Waals surface area (Å²) in [6.07, 6.45) is 2.11. The largest absolute Gasteiger partial charge is 0.367 e. The summed E-state index contributed by atoms with van der Waals surface area (Å²) in [5.74, 6) is 0.821. The molecule has 0 bridgehead atoms. The van der Waals surface area contributed by atoms with Crippen LogP contribution in [0, 0.1) is 0 Å². The average molecular weight is 241 g/mol. The third kappa shape index (κ3) is 2.52. The first-order valence-corrected chi connectivity index (χ1v) is 6.43. The minimum atomic E-state index is -0.270. The molecule has 2 heterocycles. The van der Waals surface area contributed by atoms with Gasteiger partial charge < -0.3 is 10.1 Å². The SMILES string of the molecule is CC(C)(C)Nc1nc(C2(C)CCCO2)ns1. The number of hydrogen-bond donors (Lipinski definition) is 1. The van der Waals surface area contributed by atoms with E-state index in [1.165, 1.54) is 11.5 Å². The Morgan fingerprint density at radius 2 is 2.19 bits per heavy atom. The zero-order chi connectivity index (χ0) is 11.8. The standard InChI is InChI=1S/C11H19N3OS/c1-10(2,3)13-9-12-8(14-16-9)11(4)6-5-7-15-11/h5-7H2,1-4H3,(H,12,13,14). The van der Waals surface area contributed by atoms with Crippen LogP contribution in [-0.2, 0) is 10.3 Å². The molecule has 1 unspecified atom stereocenters. The first-order valence-electron chi connectivity index (χ1n) is 5.65. The molecule has 2 rings (SSSR count). The molecule has 0 radical (unpaired) electrons. The fourth-order valence-electron chi connectivity index (χ4n) is 1.77. The topological polar surface area (TPSA) is 47.0 Å². The highest BCUT2D eigenvalue weighted by Gasteiger charge is 2.36. The summed E-state index contributed by atoms with van der Waals surface area (Å²) in [6, 6.07) is 0. The van der Waals surface area contributed by atoms with Crippen LogP contribution in [0.1, 0.15) is 46.4 Å². The van der Waals surface area contributed by atoms with Gasteiger partial charge in [0.15, 0.2) is 5.82 Å². The zero-order valence-corrected chi connectivity index (χ0v) is 11.1. The number of rotatable bonds is 2. The van der Waals surface area contributed by atoms with Gasteiger partial charge in [-0.3, -0.25) is 0 Å². The van der Waals surface area contributed by atoms with Gasteiger partial charge in [0.25, 0.3) is 0 Å². The average Bonchev–Trinajstić information content (AvgIpc) is 2.72. The second-order valence-electron chi connectivity index (χ2n) is 5.48. The van der Waals surface area contributed by atoms with Crippen molar-refractivity contribution in [3.05, 3.63) is 5.82 Å². The van der Waals surface area contributed by atoms with E-state index in [1.54, 1.807) is 0 Å². The summed E-state index contributed by atoms with van der Waals surface area (Å²) in [7, 11) is 0. The van der Waals surface area contributed by atoms with Gasteiger partial charge >= 0.3 is 0 Å². The summed E-state index contributed by atoms with van der Waals surface area (Å²) in [6.45, 7) is 9.23. The maximum atomic E-state index is 5.72. The van der Waals surface area contributed by atoms with Gasteiger partial charge in [-0.05, 0) is 40.5 Å². The van der Waals surface area contributed by atoms with Gasteiger partial charge in [-0.1, -0.05) is 0 Å². The molecule has 0 aromatic carbocycles. The predicted molar refractivity (Wildman–Crippen MR) is 65.8 cm³/mol. The maximum Gasteiger partial charge on any atom is 0.203 e. The van der Waals surface area contributed by atoms with E-state index in [9.17, 15) is 0 Å². The van der Waals surface area contributed by atoms with Gasteiger partial charge in [0.1, 0.15) is 5.60 Å². The van der Waals surface area contributed by atoms with Crippen molar-refractivity contribution in [2.45, 2.75) is 51.7 Å². The van der Waals surface area contributed by atoms with Crippen LogP contribution >= 0.6 is 11.5 Å². The third-order valence-electron chi connectivity index (χ3n) is 2.60. The monoisotopic (exact) mass is 241 g/mol. The van der Waals surface area contributed by atoms with E-state index in [0.29, 0.717) is 0 Å². The van der Waals surface area contributed by atoms with Crippen LogP contribution in [0.25, 0.3) is 0 Å². The smallest absolute Gasteiger partial charge is 0.203 e. The van der Waals surface area contributed by atoms with E-state index in [4.69, 9.17) is 4.74 Å². The lowest BCUT2D eigenvalue weighted by atomic mass is 10.0. The summed E-state index contributed by atoms with van der Waals surface area (Å²) < 4.78 is 10.1. The normalized spacial score (nSPS) is 26.0. The van der Waals surface area contributed by atoms with Crippen molar-refractivity contribution in [2.75, 3.05) is 11.9 Å². The Hall–Kier alpha value is -0.680. The fraction of sp³-hybridized carbons (Fsp3) is 0.818. The molecule has 5 heteroatoms. The Morgan fingerprint density at radius 3 is 2.75 bits per heavy atom. The van der Waals surface area contributed by atoms with Crippen LogP contribution in [0.15, 0.2) is 0 Å². The lowest BCUT2D eigenvalue weighted by Gasteiger charge is -2.20. The van der Waals surface area contributed by atoms with Crippen LogP contribution in [0.2, 0.25) is 0 Å². The van der Waals surface area contributed by atoms with Crippen LogP contribution in [0.3, 0.4) is 0 Å². The Labute approximate surface area is 101 Å². The van der Waals surface area contributed by atoms with Gasteiger partial charge in [-0.15, -0.1) is 0 Å². The van der Waals surface area contributed by atoms with E-state index < -0.39 is 0 Å². The van der Waals surface area contributed by atoms with Crippen LogP contribution in [0.5, 0.6) is 0 Å². The quantitative estimate of drug-likeness (QED) is 0.865. The zero-order valence-electron chi connectivity index (χ0n) is 10.3. The van der Waals surface area contributed by atoms with E-state index in [-0.39, 0.29) is 11.1 Å². The predicted octanol–water partition coefficient (Wildman–Crippen LogP) is 2.77. The van der Waals surface area contributed by atoms with Crippen LogP contribution < -0.4 is 5.32 Å². The maximum absolute atomic E-state index is 5.72. The van der Waals surface area contributed by atoms with Gasteiger partial charge in [0.2, 0.25) is 5.13 Å². The molecular formula is C11H19N3OS. The van der Waals surface area contributed by atoms with Crippen LogP contribution in [-0.4, -0.2) is 21.5 Å². The minimum absolute atomic E-state index is 0.0221. The molecule has 4 nitrogen and oxygen atoms in total. The highest BCUT2D eigenvalue weighted by atomic mass is 32.1. The van der Waals surface area contributed by atoms with Gasteiger partial charge in [-0.2, -0.15) is 4.37 Å². The van der Waals surface area contributed by atoms with Crippen molar-refractivity contribution in [3.63, 3.8) is 0 Å². The molecule has 0 aliphatic carbocycles. The molecule has 1 aromatic heterocycles. The minimum Gasteiger partial charge on any atom is -0.367 e. The van der Waals surface area contributed by atoms with Crippen molar-refractivity contribution in [1.29, 1.82) is 0 Å². The highest BCUT2D eigenvalue weighted by Crippen LogP contribution is 2.35. The molecule has 1 N–H and O–H groups in total. The van der Waals surface area contributed by atoms with Crippen LogP contribution in [0.4, 0.5) is 5.13 Å². The molecule has 1 saturated heterocycles. The lowest BCUT2D eigenvalue weighted by molar-refractivity contribution is 0.0104. The second kappa shape index (κ2) is 3.96. The number of ether oxygens (including phenoxy) is 1. The second-order valence-corrected chi connectivity index (χ2v) is 6.23. The molecule has 16 heavy (non-hydrogen) atoms. The number of nitrogens with zero attached hydrogens (tertiary/aromatic N) is 2. The molecule has 1 fully saturated rings. The summed E-state index contributed by atoms with van der Waals surface area (Å²) in [5, 5.41) is 4.21. The lowest BCUT2D eigenvalue weighted by Crippen LogP contribution is -2.26. The van der Waals surface area contributed by atoms with Crippen molar-refractivity contribution in [2.24, 2.45) is 0 Å². The number of anilines is 1. The Balaban J connectivity index is 2.13. The van der Waals surface area contributed by atoms with E-state index >= 15 is 0 Å². The Morgan fingerprint density at radius 1 is 1.44 bits per heavy atom. The number of nitrogens with one attached hydrogen (secondary N) is 1.